The van der Waals surface area contributed by atoms with Crippen LogP contribution in [0, 0.1) is 11.3 Å². The predicted molar refractivity (Wildman–Crippen MR) is 103 cm³/mol. The third-order valence-corrected chi connectivity index (χ3v) is 5.11. The Labute approximate surface area is 155 Å². The summed E-state index contributed by atoms with van der Waals surface area (Å²) in [5, 5.41) is 12.2. The van der Waals surface area contributed by atoms with Gasteiger partial charge >= 0.3 is 0 Å². The minimum Gasteiger partial charge on any atom is -0.235 e. The molecule has 1 heterocycles. The lowest BCUT2D eigenvalue weighted by atomic mass is 10.1. The number of hydrogen-bond donors (Lipinski definition) is 0. The summed E-state index contributed by atoms with van der Waals surface area (Å²) in [6.07, 6.45) is 1.86. The van der Waals surface area contributed by atoms with Crippen LogP contribution in [0.1, 0.15) is 10.6 Å². The lowest BCUT2D eigenvalue weighted by Gasteiger charge is -1.97. The fraction of sp³-hybridized carbons (Fsp3) is 0. The van der Waals surface area contributed by atoms with Gasteiger partial charge in [-0.15, -0.1) is 11.3 Å². The van der Waals surface area contributed by atoms with Crippen LogP contribution in [0.25, 0.3) is 22.9 Å². The molecule has 0 N–H and O–H groups in total. The highest BCUT2D eigenvalue weighted by Gasteiger charge is 2.09. The molecule has 5 heteroatoms. The van der Waals surface area contributed by atoms with Gasteiger partial charge in [0.1, 0.15) is 11.1 Å². The molecule has 2 nitrogen and oxygen atoms in total. The quantitative estimate of drug-likeness (QED) is 0.437. The molecule has 23 heavy (non-hydrogen) atoms. The fourth-order valence-corrected chi connectivity index (χ4v) is 3.34. The van der Waals surface area contributed by atoms with E-state index in [1.54, 1.807) is 0 Å². The van der Waals surface area contributed by atoms with E-state index in [1.165, 1.54) is 11.3 Å². The van der Waals surface area contributed by atoms with Gasteiger partial charge in [-0.25, -0.2) is 4.98 Å². The van der Waals surface area contributed by atoms with Crippen molar-refractivity contribution in [3.8, 4) is 17.3 Å². The van der Waals surface area contributed by atoms with E-state index >= 15 is 0 Å². The molecular weight excluding hydrogens is 436 g/mol. The van der Waals surface area contributed by atoms with Crippen LogP contribution >= 0.6 is 43.2 Å². The van der Waals surface area contributed by atoms with Gasteiger partial charge in [0, 0.05) is 19.9 Å². The van der Waals surface area contributed by atoms with Gasteiger partial charge in [-0.2, -0.15) is 5.26 Å². The van der Waals surface area contributed by atoms with E-state index in [2.05, 4.69) is 42.9 Å². The molecule has 0 radical (unpaired) electrons. The van der Waals surface area contributed by atoms with Crippen LogP contribution in [0.5, 0.6) is 0 Å². The van der Waals surface area contributed by atoms with Gasteiger partial charge in [-0.05, 0) is 35.9 Å². The van der Waals surface area contributed by atoms with Crippen LogP contribution in [0.4, 0.5) is 0 Å². The molecule has 0 spiro atoms. The number of hydrogen-bond acceptors (Lipinski definition) is 3. The van der Waals surface area contributed by atoms with Crippen molar-refractivity contribution in [3.63, 3.8) is 0 Å². The first kappa shape index (κ1) is 16.1. The lowest BCUT2D eigenvalue weighted by molar-refractivity contribution is 1.37. The van der Waals surface area contributed by atoms with E-state index in [0.29, 0.717) is 5.57 Å². The van der Waals surface area contributed by atoms with Gasteiger partial charge in [0.2, 0.25) is 0 Å². The van der Waals surface area contributed by atoms with Crippen LogP contribution in [0.15, 0.2) is 62.9 Å². The van der Waals surface area contributed by atoms with Gasteiger partial charge in [-0.1, -0.05) is 56.1 Å². The normalized spacial score (nSPS) is 11.3. The summed E-state index contributed by atoms with van der Waals surface area (Å²) in [6, 6.07) is 18.1. The van der Waals surface area contributed by atoms with Crippen molar-refractivity contribution >= 4 is 54.8 Å². The van der Waals surface area contributed by atoms with E-state index < -0.39 is 0 Å². The van der Waals surface area contributed by atoms with E-state index in [1.807, 2.05) is 60.0 Å². The fourth-order valence-electron chi connectivity index (χ4n) is 2.02. The van der Waals surface area contributed by atoms with Gasteiger partial charge in [-0.3, -0.25) is 0 Å². The second-order valence-electron chi connectivity index (χ2n) is 4.77. The summed E-state index contributed by atoms with van der Waals surface area (Å²) in [6.45, 7) is 0. The third-order valence-electron chi connectivity index (χ3n) is 3.18. The minimum atomic E-state index is 0.570. The number of rotatable bonds is 3. The molecular formula is C18H10Br2N2S. The maximum Gasteiger partial charge on any atom is 0.134 e. The molecule has 1 aromatic heterocycles. The number of halogens is 2. The Balaban J connectivity index is 1.92. The average Bonchev–Trinajstić information content (AvgIpc) is 3.05. The highest BCUT2D eigenvalue weighted by Crippen LogP contribution is 2.28. The minimum absolute atomic E-state index is 0.570. The summed E-state index contributed by atoms with van der Waals surface area (Å²) < 4.78 is 2.05. The third kappa shape index (κ3) is 3.97. The van der Waals surface area contributed by atoms with Crippen LogP contribution in [-0.2, 0) is 0 Å². The number of allylic oxidation sites excluding steroid dienone is 1. The maximum atomic E-state index is 9.44. The number of benzene rings is 2. The number of nitriles is 1. The molecule has 0 unspecified atom stereocenters. The van der Waals surface area contributed by atoms with Crippen LogP contribution < -0.4 is 0 Å². The predicted octanol–water partition coefficient (Wildman–Crippen LogP) is 6.40. The van der Waals surface area contributed by atoms with Gasteiger partial charge in [0.15, 0.2) is 0 Å². The zero-order chi connectivity index (χ0) is 16.2. The molecule has 0 saturated carbocycles. The number of aromatic nitrogens is 1. The summed E-state index contributed by atoms with van der Waals surface area (Å²) in [5.41, 5.74) is 3.47. The van der Waals surface area contributed by atoms with Crippen LogP contribution in [-0.4, -0.2) is 4.98 Å². The Hall–Kier alpha value is -1.74. The van der Waals surface area contributed by atoms with Crippen molar-refractivity contribution in [2.75, 3.05) is 0 Å². The Morgan fingerprint density at radius 3 is 2.22 bits per heavy atom. The monoisotopic (exact) mass is 444 g/mol. The van der Waals surface area contributed by atoms with Crippen LogP contribution in [0.2, 0.25) is 0 Å². The van der Waals surface area contributed by atoms with E-state index in [0.717, 1.165) is 30.8 Å². The average molecular weight is 446 g/mol. The molecule has 3 aromatic rings. The molecule has 0 fully saturated rings. The van der Waals surface area contributed by atoms with Crippen molar-refractivity contribution in [1.29, 1.82) is 5.26 Å². The molecule has 112 valence electrons. The van der Waals surface area contributed by atoms with E-state index in [4.69, 9.17) is 0 Å². The zero-order valence-corrected chi connectivity index (χ0v) is 15.8. The molecule has 0 aliphatic heterocycles. The smallest absolute Gasteiger partial charge is 0.134 e. The Morgan fingerprint density at radius 2 is 1.61 bits per heavy atom. The molecule has 0 aliphatic rings. The maximum absolute atomic E-state index is 9.44. The largest absolute Gasteiger partial charge is 0.235 e. The van der Waals surface area contributed by atoms with Crippen molar-refractivity contribution in [3.05, 3.63) is 73.4 Å². The van der Waals surface area contributed by atoms with Crippen LogP contribution in [0.3, 0.4) is 0 Å². The zero-order valence-electron chi connectivity index (χ0n) is 11.8. The molecule has 0 atom stereocenters. The molecule has 0 bridgehead atoms. The topological polar surface area (TPSA) is 36.7 Å². The Bertz CT molecular complexity index is 888. The lowest BCUT2D eigenvalue weighted by Crippen LogP contribution is -1.83. The summed E-state index contributed by atoms with van der Waals surface area (Å²) in [4.78, 5) is 4.60. The highest BCUT2D eigenvalue weighted by molar-refractivity contribution is 9.10. The molecule has 0 aliphatic carbocycles. The van der Waals surface area contributed by atoms with Gasteiger partial charge < -0.3 is 0 Å². The first-order chi connectivity index (χ1) is 11.2. The van der Waals surface area contributed by atoms with Crippen molar-refractivity contribution in [2.45, 2.75) is 0 Å². The Kier molecular flexibility index (Phi) is 5.06. The second kappa shape index (κ2) is 7.22. The van der Waals surface area contributed by atoms with Crippen molar-refractivity contribution in [2.24, 2.45) is 0 Å². The van der Waals surface area contributed by atoms with E-state index in [9.17, 15) is 5.26 Å². The number of thiazole rings is 1. The van der Waals surface area contributed by atoms with Gasteiger partial charge in [0.25, 0.3) is 0 Å². The first-order valence-electron chi connectivity index (χ1n) is 6.75. The van der Waals surface area contributed by atoms with E-state index in [-0.39, 0.29) is 0 Å². The molecule has 3 rings (SSSR count). The van der Waals surface area contributed by atoms with Crippen molar-refractivity contribution in [1.82, 2.24) is 4.98 Å². The SMILES string of the molecule is N#C/C(=C\c1ccc(Br)cc1)c1nc(-c2ccc(Br)cc2)cs1. The highest BCUT2D eigenvalue weighted by atomic mass is 79.9. The number of nitrogens with zero attached hydrogens (tertiary/aromatic N) is 2. The van der Waals surface area contributed by atoms with Crippen molar-refractivity contribution < 1.29 is 0 Å². The first-order valence-corrected chi connectivity index (χ1v) is 9.21. The Morgan fingerprint density at radius 1 is 1.00 bits per heavy atom. The molecule has 2 aromatic carbocycles. The molecule has 0 amide bonds. The summed E-state index contributed by atoms with van der Waals surface area (Å²) in [7, 11) is 0. The standard InChI is InChI=1S/C18H10Br2N2S/c19-15-5-1-12(2-6-15)9-14(10-21)18-22-17(11-23-18)13-3-7-16(20)8-4-13/h1-9,11H/b14-9+. The molecule has 0 saturated heterocycles. The second-order valence-corrected chi connectivity index (χ2v) is 7.46. The van der Waals surface area contributed by atoms with Gasteiger partial charge in [0.05, 0.1) is 11.3 Å². The summed E-state index contributed by atoms with van der Waals surface area (Å²) >= 11 is 8.32. The summed E-state index contributed by atoms with van der Waals surface area (Å²) in [5.74, 6) is 0.